The highest BCUT2D eigenvalue weighted by atomic mass is 79.9. The second-order valence-electron chi connectivity index (χ2n) is 6.89. The van der Waals surface area contributed by atoms with Gasteiger partial charge >= 0.3 is 5.97 Å². The standard InChI is InChI=1S/C22H17BrN2O4/c1-27-22(26)14-6-4-13(5-7-14)21-25-18(12-17(24-25)20-3-2-10-28-20)16-11-15(23)8-9-19(16)29-21/h2-11,18,21H,12H2,1H3/t18-,21-/m0/s1. The highest BCUT2D eigenvalue weighted by molar-refractivity contribution is 9.10. The van der Waals surface area contributed by atoms with Crippen molar-refractivity contribution in [2.45, 2.75) is 18.7 Å². The van der Waals surface area contributed by atoms with Crippen molar-refractivity contribution in [3.05, 3.63) is 87.8 Å². The molecule has 0 aliphatic carbocycles. The Bertz CT molecular complexity index is 1090. The van der Waals surface area contributed by atoms with Gasteiger partial charge in [-0.25, -0.2) is 9.80 Å². The van der Waals surface area contributed by atoms with Crippen LogP contribution in [0.2, 0.25) is 0 Å². The molecule has 0 N–H and O–H groups in total. The molecular formula is C22H17BrN2O4. The molecule has 29 heavy (non-hydrogen) atoms. The van der Waals surface area contributed by atoms with Gasteiger partial charge in [-0.15, -0.1) is 0 Å². The van der Waals surface area contributed by atoms with Crippen molar-refractivity contribution >= 4 is 27.6 Å². The number of esters is 1. The van der Waals surface area contributed by atoms with E-state index in [-0.39, 0.29) is 12.0 Å². The van der Waals surface area contributed by atoms with Gasteiger partial charge in [-0.2, -0.15) is 5.10 Å². The molecule has 146 valence electrons. The van der Waals surface area contributed by atoms with Gasteiger partial charge in [0.25, 0.3) is 0 Å². The molecule has 7 heteroatoms. The average Bonchev–Trinajstić information content (AvgIpc) is 3.43. The van der Waals surface area contributed by atoms with Crippen LogP contribution < -0.4 is 4.74 Å². The van der Waals surface area contributed by atoms with Crippen molar-refractivity contribution in [2.24, 2.45) is 5.10 Å². The number of furan rings is 1. The van der Waals surface area contributed by atoms with Gasteiger partial charge in [0, 0.05) is 22.0 Å². The summed E-state index contributed by atoms with van der Waals surface area (Å²) in [5, 5.41) is 6.81. The second kappa shape index (κ2) is 7.08. The number of rotatable bonds is 3. The number of hydrogen-bond acceptors (Lipinski definition) is 6. The number of benzene rings is 2. The van der Waals surface area contributed by atoms with Crippen LogP contribution in [0.5, 0.6) is 5.75 Å². The van der Waals surface area contributed by atoms with E-state index in [9.17, 15) is 4.79 Å². The number of fused-ring (bicyclic) bond motifs is 3. The first kappa shape index (κ1) is 18.0. The lowest BCUT2D eigenvalue weighted by molar-refractivity contribution is -0.0191. The molecule has 0 saturated carbocycles. The zero-order valence-corrected chi connectivity index (χ0v) is 17.1. The summed E-state index contributed by atoms with van der Waals surface area (Å²) in [6.45, 7) is 0. The lowest BCUT2D eigenvalue weighted by Gasteiger charge is -2.38. The average molecular weight is 453 g/mol. The maximum atomic E-state index is 11.8. The van der Waals surface area contributed by atoms with E-state index in [2.05, 4.69) is 22.0 Å². The summed E-state index contributed by atoms with van der Waals surface area (Å²) in [6, 6.07) is 17.0. The fraction of sp³-hybridized carbons (Fsp3) is 0.182. The van der Waals surface area contributed by atoms with Crippen LogP contribution in [-0.2, 0) is 4.74 Å². The van der Waals surface area contributed by atoms with E-state index in [1.54, 1.807) is 18.4 Å². The molecule has 0 fully saturated rings. The Hall–Kier alpha value is -3.06. The summed E-state index contributed by atoms with van der Waals surface area (Å²) >= 11 is 3.56. The van der Waals surface area contributed by atoms with E-state index < -0.39 is 6.23 Å². The highest BCUT2D eigenvalue weighted by Gasteiger charge is 2.41. The van der Waals surface area contributed by atoms with Crippen molar-refractivity contribution in [3.63, 3.8) is 0 Å². The van der Waals surface area contributed by atoms with Crippen LogP contribution >= 0.6 is 15.9 Å². The summed E-state index contributed by atoms with van der Waals surface area (Å²) in [6.07, 6.45) is 1.96. The third kappa shape index (κ3) is 3.11. The first-order chi connectivity index (χ1) is 14.1. The van der Waals surface area contributed by atoms with Crippen molar-refractivity contribution in [1.82, 2.24) is 5.01 Å². The monoisotopic (exact) mass is 452 g/mol. The lowest BCUT2D eigenvalue weighted by Crippen LogP contribution is -2.33. The molecule has 0 spiro atoms. The second-order valence-corrected chi connectivity index (χ2v) is 7.81. The van der Waals surface area contributed by atoms with Crippen LogP contribution in [0.1, 0.15) is 45.9 Å². The lowest BCUT2D eigenvalue weighted by atomic mass is 9.97. The molecule has 0 saturated heterocycles. The van der Waals surface area contributed by atoms with Crippen LogP contribution in [0, 0.1) is 0 Å². The summed E-state index contributed by atoms with van der Waals surface area (Å²) < 4.78 is 17.7. The third-order valence-corrected chi connectivity index (χ3v) is 5.67. The molecule has 0 amide bonds. The molecule has 3 aromatic rings. The van der Waals surface area contributed by atoms with Gasteiger partial charge < -0.3 is 13.9 Å². The molecule has 2 aliphatic heterocycles. The van der Waals surface area contributed by atoms with E-state index in [4.69, 9.17) is 19.0 Å². The molecule has 0 unspecified atom stereocenters. The summed E-state index contributed by atoms with van der Waals surface area (Å²) in [5.74, 6) is 1.22. The normalized spacial score (nSPS) is 19.8. The first-order valence-corrected chi connectivity index (χ1v) is 9.97. The molecule has 2 aliphatic rings. The number of carbonyl (C=O) groups excluding carboxylic acids is 1. The molecule has 6 nitrogen and oxygen atoms in total. The van der Waals surface area contributed by atoms with E-state index >= 15 is 0 Å². The summed E-state index contributed by atoms with van der Waals surface area (Å²) in [4.78, 5) is 11.8. The largest absolute Gasteiger partial charge is 0.465 e. The zero-order chi connectivity index (χ0) is 20.0. The number of hydrazone groups is 1. The minimum atomic E-state index is -0.409. The van der Waals surface area contributed by atoms with Gasteiger partial charge in [-0.1, -0.05) is 28.1 Å². The Morgan fingerprint density at radius 2 is 2.03 bits per heavy atom. The van der Waals surface area contributed by atoms with Crippen molar-refractivity contribution in [3.8, 4) is 5.75 Å². The number of nitrogens with zero attached hydrogens (tertiary/aromatic N) is 2. The van der Waals surface area contributed by atoms with Crippen LogP contribution in [0.3, 0.4) is 0 Å². The first-order valence-electron chi connectivity index (χ1n) is 9.18. The molecule has 1 aromatic heterocycles. The van der Waals surface area contributed by atoms with Crippen molar-refractivity contribution < 1.29 is 18.7 Å². The van der Waals surface area contributed by atoms with Crippen LogP contribution in [-0.4, -0.2) is 23.8 Å². The minimum Gasteiger partial charge on any atom is -0.465 e. The molecule has 3 heterocycles. The summed E-state index contributed by atoms with van der Waals surface area (Å²) in [5.41, 5.74) is 3.36. The minimum absolute atomic E-state index is 0.0293. The SMILES string of the molecule is COC(=O)c1ccc([C@@H]2Oc3ccc(Br)cc3[C@@H]3CC(c4ccco4)=NN32)cc1. The Balaban J connectivity index is 1.56. The Morgan fingerprint density at radius 1 is 1.21 bits per heavy atom. The molecule has 0 radical (unpaired) electrons. The van der Waals surface area contributed by atoms with Gasteiger partial charge in [0.05, 0.1) is 25.0 Å². The quantitative estimate of drug-likeness (QED) is 0.518. The third-order valence-electron chi connectivity index (χ3n) is 5.17. The Kier molecular flexibility index (Phi) is 4.39. The van der Waals surface area contributed by atoms with Crippen molar-refractivity contribution in [2.75, 3.05) is 7.11 Å². The Morgan fingerprint density at radius 3 is 2.76 bits per heavy atom. The predicted octanol–water partition coefficient (Wildman–Crippen LogP) is 5.07. The molecule has 2 aromatic carbocycles. The van der Waals surface area contributed by atoms with Crippen LogP contribution in [0.15, 0.2) is 74.9 Å². The smallest absolute Gasteiger partial charge is 0.337 e. The number of carbonyl (C=O) groups is 1. The topological polar surface area (TPSA) is 64.3 Å². The maximum absolute atomic E-state index is 11.8. The van der Waals surface area contributed by atoms with Gasteiger partial charge in [-0.3, -0.25) is 0 Å². The van der Waals surface area contributed by atoms with Gasteiger partial charge in [-0.05, 0) is 42.5 Å². The van der Waals surface area contributed by atoms with Gasteiger partial charge in [0.15, 0.2) is 0 Å². The Labute approximate surface area is 175 Å². The van der Waals surface area contributed by atoms with E-state index in [0.717, 1.165) is 39.2 Å². The molecule has 0 bridgehead atoms. The zero-order valence-electron chi connectivity index (χ0n) is 15.5. The summed E-state index contributed by atoms with van der Waals surface area (Å²) in [7, 11) is 1.37. The van der Waals surface area contributed by atoms with Gasteiger partial charge in [0.2, 0.25) is 6.23 Å². The molecule has 2 atom stereocenters. The van der Waals surface area contributed by atoms with Crippen molar-refractivity contribution in [1.29, 1.82) is 0 Å². The van der Waals surface area contributed by atoms with Crippen LogP contribution in [0.4, 0.5) is 0 Å². The number of ether oxygens (including phenoxy) is 2. The number of hydrogen-bond donors (Lipinski definition) is 0. The van der Waals surface area contributed by atoms with Crippen LogP contribution in [0.25, 0.3) is 0 Å². The van der Waals surface area contributed by atoms with E-state index in [1.165, 1.54) is 7.11 Å². The van der Waals surface area contributed by atoms with E-state index in [0.29, 0.717) is 5.56 Å². The number of halogens is 1. The maximum Gasteiger partial charge on any atom is 0.337 e. The fourth-order valence-electron chi connectivity index (χ4n) is 3.77. The highest BCUT2D eigenvalue weighted by Crippen LogP contribution is 2.48. The van der Waals surface area contributed by atoms with Gasteiger partial charge in [0.1, 0.15) is 17.2 Å². The predicted molar refractivity (Wildman–Crippen MR) is 110 cm³/mol. The molecule has 5 rings (SSSR count). The molecular weight excluding hydrogens is 436 g/mol. The number of methoxy groups -OCH3 is 1. The van der Waals surface area contributed by atoms with E-state index in [1.807, 2.05) is 41.4 Å². The fourth-order valence-corrected chi connectivity index (χ4v) is 4.15.